The number of aryl methyl sites for hydroxylation is 1. The fourth-order valence-electron chi connectivity index (χ4n) is 5.64. The number of likely N-dealkylation sites (tertiary alicyclic amines) is 1. The molecule has 172 valence electrons. The molecule has 4 rings (SSSR count). The molecular formula is C27H36N2O3. The molecule has 1 aliphatic heterocycles. The van der Waals surface area contributed by atoms with Gasteiger partial charge in [0.1, 0.15) is 6.54 Å². The lowest BCUT2D eigenvalue weighted by Gasteiger charge is -2.46. The highest BCUT2D eigenvalue weighted by molar-refractivity contribution is 5.81. The topological polar surface area (TPSA) is 62.2 Å². The van der Waals surface area contributed by atoms with Gasteiger partial charge in [-0.15, -0.1) is 0 Å². The van der Waals surface area contributed by atoms with E-state index in [4.69, 9.17) is 4.74 Å². The van der Waals surface area contributed by atoms with Gasteiger partial charge < -0.3 is 14.3 Å². The number of esters is 1. The smallest absolute Gasteiger partial charge is 0.300 e. The number of hydrogen-bond donors (Lipinski definition) is 0. The van der Waals surface area contributed by atoms with E-state index in [2.05, 4.69) is 18.1 Å². The van der Waals surface area contributed by atoms with Crippen LogP contribution in [-0.4, -0.2) is 48.2 Å². The molecule has 1 aromatic heterocycles. The highest BCUT2D eigenvalue weighted by Gasteiger charge is 2.41. The third-order valence-electron chi connectivity index (χ3n) is 7.44. The van der Waals surface area contributed by atoms with Gasteiger partial charge in [-0.05, 0) is 36.5 Å². The molecule has 1 saturated carbocycles. The van der Waals surface area contributed by atoms with Crippen molar-refractivity contribution in [3.63, 3.8) is 0 Å². The molecule has 0 N–H and O–H groups in total. The van der Waals surface area contributed by atoms with E-state index in [1.807, 2.05) is 36.5 Å². The molecule has 5 nitrogen and oxygen atoms in total. The molecule has 1 aromatic carbocycles. The van der Waals surface area contributed by atoms with Crippen LogP contribution in [0, 0.1) is 5.92 Å². The number of nitrogens with zero attached hydrogens (tertiary/aromatic N) is 2. The van der Waals surface area contributed by atoms with Crippen LogP contribution in [0.2, 0.25) is 0 Å². The lowest BCUT2D eigenvalue weighted by Crippen LogP contribution is -2.58. The molecule has 32 heavy (non-hydrogen) atoms. The Labute approximate surface area is 192 Å². The van der Waals surface area contributed by atoms with Gasteiger partial charge in [0.2, 0.25) is 0 Å². The number of pyridine rings is 1. The minimum absolute atomic E-state index is 0.180. The zero-order chi connectivity index (χ0) is 22.4. The summed E-state index contributed by atoms with van der Waals surface area (Å²) < 4.78 is 6.88. The van der Waals surface area contributed by atoms with Crippen molar-refractivity contribution >= 4 is 5.97 Å². The molecule has 2 aromatic rings. The maximum atomic E-state index is 14.1. The number of piperidine rings is 1. The van der Waals surface area contributed by atoms with Crippen LogP contribution in [-0.2, 0) is 21.6 Å². The third kappa shape index (κ3) is 5.21. The zero-order valence-electron chi connectivity index (χ0n) is 19.2. The molecule has 1 saturated heterocycles. The van der Waals surface area contributed by atoms with Crippen LogP contribution in [0.15, 0.2) is 54.7 Å². The quantitative estimate of drug-likeness (QED) is 0.468. The Balaban J connectivity index is 1.40. The first-order valence-corrected chi connectivity index (χ1v) is 12.2. The summed E-state index contributed by atoms with van der Waals surface area (Å²) >= 11 is 0. The molecular weight excluding hydrogens is 400 g/mol. The van der Waals surface area contributed by atoms with Crippen molar-refractivity contribution in [3.05, 3.63) is 66.0 Å². The number of rotatable bonds is 8. The van der Waals surface area contributed by atoms with Crippen molar-refractivity contribution in [1.82, 2.24) is 4.98 Å². The van der Waals surface area contributed by atoms with Crippen LogP contribution in [0.3, 0.4) is 0 Å². The van der Waals surface area contributed by atoms with Crippen molar-refractivity contribution < 1.29 is 19.1 Å². The van der Waals surface area contributed by atoms with Gasteiger partial charge in [0.25, 0.3) is 0 Å². The number of carbonyl (C=O) groups excluding carboxylic acids is 1. The Morgan fingerprint density at radius 1 is 1.09 bits per heavy atom. The second-order valence-electron chi connectivity index (χ2n) is 9.93. The van der Waals surface area contributed by atoms with E-state index < -0.39 is 11.6 Å². The minimum atomic E-state index is -1.79. The average Bonchev–Trinajstić information content (AvgIpc) is 3.35. The number of aromatic nitrogens is 1. The monoisotopic (exact) mass is 436 g/mol. The molecule has 5 heteroatoms. The molecule has 1 aliphatic carbocycles. The lowest BCUT2D eigenvalue weighted by atomic mass is 9.80. The zero-order valence-corrected chi connectivity index (χ0v) is 19.2. The summed E-state index contributed by atoms with van der Waals surface area (Å²) in [4.78, 5) is 17.8. The van der Waals surface area contributed by atoms with Crippen LogP contribution in [0.5, 0.6) is 0 Å². The van der Waals surface area contributed by atoms with E-state index in [1.54, 1.807) is 12.1 Å². The summed E-state index contributed by atoms with van der Waals surface area (Å²) in [7, 11) is 2.25. The number of carbonyl (C=O) groups is 1. The van der Waals surface area contributed by atoms with Crippen molar-refractivity contribution in [2.75, 3.05) is 26.7 Å². The van der Waals surface area contributed by atoms with Gasteiger partial charge in [0.15, 0.2) is 6.10 Å². The van der Waals surface area contributed by atoms with Gasteiger partial charge in [0.05, 0.1) is 20.1 Å². The number of hydrogen-bond acceptors (Lipinski definition) is 4. The largest absolute Gasteiger partial charge is 0.837 e. The van der Waals surface area contributed by atoms with Gasteiger partial charge >= 0.3 is 5.97 Å². The first kappa shape index (κ1) is 22.9. The van der Waals surface area contributed by atoms with Gasteiger partial charge in [-0.25, -0.2) is 0 Å². The summed E-state index contributed by atoms with van der Waals surface area (Å²) in [6, 6.07) is 15.2. The maximum absolute atomic E-state index is 14.1. The summed E-state index contributed by atoms with van der Waals surface area (Å²) in [5.41, 5.74) is -0.118. The van der Waals surface area contributed by atoms with Crippen molar-refractivity contribution in [2.24, 2.45) is 5.92 Å². The molecule has 2 aliphatic rings. The van der Waals surface area contributed by atoms with Crippen LogP contribution in [0.1, 0.15) is 56.2 Å². The van der Waals surface area contributed by atoms with Crippen LogP contribution >= 0.6 is 0 Å². The van der Waals surface area contributed by atoms with Crippen LogP contribution < -0.4 is 5.11 Å². The van der Waals surface area contributed by atoms with Gasteiger partial charge in [-0.3, -0.25) is 9.78 Å². The summed E-state index contributed by atoms with van der Waals surface area (Å²) in [6.07, 6.45) is 9.16. The number of likely N-dealkylation sites (N-methyl/N-ethyl adjacent to an activating group) is 1. The highest BCUT2D eigenvalue weighted by atomic mass is 16.6. The first-order valence-electron chi connectivity index (χ1n) is 12.2. The highest BCUT2D eigenvalue weighted by Crippen LogP contribution is 2.40. The number of benzene rings is 1. The Morgan fingerprint density at radius 3 is 2.56 bits per heavy atom. The molecule has 2 heterocycles. The molecule has 0 spiro atoms. The van der Waals surface area contributed by atoms with Crippen LogP contribution in [0.25, 0.3) is 0 Å². The van der Waals surface area contributed by atoms with Gasteiger partial charge in [-0.2, -0.15) is 0 Å². The lowest BCUT2D eigenvalue weighted by molar-refractivity contribution is -0.917. The van der Waals surface area contributed by atoms with Crippen LogP contribution in [0.4, 0.5) is 0 Å². The van der Waals surface area contributed by atoms with E-state index in [1.165, 1.54) is 0 Å². The van der Waals surface area contributed by atoms with Gasteiger partial charge in [-0.1, -0.05) is 62.1 Å². The Morgan fingerprint density at radius 2 is 1.84 bits per heavy atom. The summed E-state index contributed by atoms with van der Waals surface area (Å²) in [6.45, 7) is 2.89. The molecule has 0 bridgehead atoms. The van der Waals surface area contributed by atoms with E-state index in [9.17, 15) is 9.90 Å². The molecule has 2 unspecified atom stereocenters. The predicted octanol–water partition coefficient (Wildman–Crippen LogP) is 3.61. The van der Waals surface area contributed by atoms with E-state index in [0.29, 0.717) is 5.56 Å². The Hall–Kier alpha value is -2.24. The third-order valence-corrected chi connectivity index (χ3v) is 7.44. The van der Waals surface area contributed by atoms with Crippen molar-refractivity contribution in [1.29, 1.82) is 0 Å². The molecule has 0 radical (unpaired) electrons. The van der Waals surface area contributed by atoms with E-state index in [-0.39, 0.29) is 12.0 Å². The molecule has 2 fully saturated rings. The Bertz CT molecular complexity index is 869. The van der Waals surface area contributed by atoms with E-state index in [0.717, 1.165) is 81.2 Å². The molecule has 0 amide bonds. The van der Waals surface area contributed by atoms with Crippen molar-refractivity contribution in [2.45, 2.75) is 63.1 Å². The first-order chi connectivity index (χ1) is 15.5. The number of quaternary nitrogens is 1. The summed E-state index contributed by atoms with van der Waals surface area (Å²) in [5, 5.41) is 14.1. The SMILES string of the molecule is C[N@@+]1(CCCc2ccccn2)CCCC(OC(=O)C([O-])(c2ccccc2)C2CCCC2)C1. The van der Waals surface area contributed by atoms with Gasteiger partial charge in [0, 0.05) is 30.3 Å². The second-order valence-corrected chi connectivity index (χ2v) is 9.93. The number of ether oxygens (including phenoxy) is 1. The maximum Gasteiger partial charge on any atom is 0.300 e. The van der Waals surface area contributed by atoms with Crippen molar-refractivity contribution in [3.8, 4) is 0 Å². The predicted molar refractivity (Wildman–Crippen MR) is 123 cm³/mol. The van der Waals surface area contributed by atoms with E-state index >= 15 is 0 Å². The molecule has 3 atom stereocenters. The fourth-order valence-corrected chi connectivity index (χ4v) is 5.64. The summed E-state index contributed by atoms with van der Waals surface area (Å²) in [5.74, 6) is -0.747. The standard InChI is InChI=1S/C27H36N2O3/c1-29(19-9-16-24-15-7-8-18-28-24)20-10-17-25(21-29)32-26(30)27(31,23-13-5-6-14-23)22-11-3-2-4-12-22/h2-4,7-8,11-12,15,18,23,25H,5-6,9-10,13-14,16-17,19-21H2,1H3/t25?,27?,29-/m1/s1. The average molecular weight is 437 g/mol. The normalized spacial score (nSPS) is 25.9. The second kappa shape index (κ2) is 10.1. The minimum Gasteiger partial charge on any atom is -0.837 e. The fraction of sp³-hybridized carbons (Fsp3) is 0.556. The Kier molecular flexibility index (Phi) is 7.27.